The van der Waals surface area contributed by atoms with E-state index >= 15 is 0 Å². The highest BCUT2D eigenvalue weighted by Crippen LogP contribution is 2.29. The molecule has 7 nitrogen and oxygen atoms in total. The van der Waals surface area contributed by atoms with E-state index in [0.717, 1.165) is 5.69 Å². The predicted octanol–water partition coefficient (Wildman–Crippen LogP) is 2.73. The first kappa shape index (κ1) is 17.5. The van der Waals surface area contributed by atoms with Crippen LogP contribution in [0.2, 0.25) is 0 Å². The lowest BCUT2D eigenvalue weighted by Crippen LogP contribution is -2.46. The molecule has 0 saturated carbocycles. The lowest BCUT2D eigenvalue weighted by molar-refractivity contribution is 0.385. The summed E-state index contributed by atoms with van der Waals surface area (Å²) in [6.45, 7) is 7.00. The Balaban J connectivity index is 1.81. The van der Waals surface area contributed by atoms with Crippen LogP contribution in [0.5, 0.6) is 5.75 Å². The average molecular weight is 371 g/mol. The maximum Gasteiger partial charge on any atom is 0.264 e. The van der Waals surface area contributed by atoms with Gasteiger partial charge in [0.1, 0.15) is 11.2 Å². The third kappa shape index (κ3) is 2.75. The molecule has 1 aliphatic rings. The van der Waals surface area contributed by atoms with Crippen molar-refractivity contribution >= 4 is 16.7 Å². The Morgan fingerprint density at radius 1 is 1.33 bits per heavy atom. The minimum Gasteiger partial charge on any atom is -0.494 e. The van der Waals surface area contributed by atoms with Gasteiger partial charge < -0.3 is 9.64 Å². The number of benzene rings is 1. The number of ether oxygens (including phenoxy) is 1. The van der Waals surface area contributed by atoms with Gasteiger partial charge in [-0.05, 0) is 32.9 Å². The van der Waals surface area contributed by atoms with Gasteiger partial charge in [-0.2, -0.15) is 5.10 Å². The SMILES string of the molecule is COc1cc(N2Cc3nc4c(cnn4C(C)C)c(=O)n3CC2C)ccc1F. The molecular formula is C19H22FN5O2. The lowest BCUT2D eigenvalue weighted by atomic mass is 10.1. The van der Waals surface area contributed by atoms with Gasteiger partial charge in [0.25, 0.3) is 5.56 Å². The van der Waals surface area contributed by atoms with Crippen LogP contribution in [0.4, 0.5) is 10.1 Å². The van der Waals surface area contributed by atoms with Crippen molar-refractivity contribution in [3.63, 3.8) is 0 Å². The van der Waals surface area contributed by atoms with Crippen LogP contribution >= 0.6 is 0 Å². The standard InChI is InChI=1S/C19H22FN5O2/c1-11(2)25-18-14(8-21-25)19(26)24-9-12(3)23(10-17(24)22-18)13-5-6-15(20)16(7-13)27-4/h5-8,11-12H,9-10H2,1-4H3. The molecule has 0 radical (unpaired) electrons. The van der Waals surface area contributed by atoms with Crippen LogP contribution in [-0.2, 0) is 13.1 Å². The van der Waals surface area contributed by atoms with E-state index in [9.17, 15) is 9.18 Å². The molecular weight excluding hydrogens is 349 g/mol. The minimum absolute atomic E-state index is 0.0461. The number of hydrogen-bond donors (Lipinski definition) is 0. The molecule has 8 heteroatoms. The summed E-state index contributed by atoms with van der Waals surface area (Å²) in [6, 6.07) is 4.95. The van der Waals surface area contributed by atoms with E-state index in [1.807, 2.05) is 20.8 Å². The van der Waals surface area contributed by atoms with Gasteiger partial charge >= 0.3 is 0 Å². The highest BCUT2D eigenvalue weighted by molar-refractivity contribution is 5.73. The Labute approximate surface area is 156 Å². The highest BCUT2D eigenvalue weighted by Gasteiger charge is 2.27. The average Bonchev–Trinajstić information content (AvgIpc) is 3.07. The Morgan fingerprint density at radius 3 is 2.81 bits per heavy atom. The molecule has 3 aromatic rings. The van der Waals surface area contributed by atoms with Crippen LogP contribution in [0.15, 0.2) is 29.2 Å². The van der Waals surface area contributed by atoms with Crippen molar-refractivity contribution in [2.24, 2.45) is 0 Å². The Bertz CT molecular complexity index is 1070. The number of halogens is 1. The van der Waals surface area contributed by atoms with Crippen molar-refractivity contribution in [2.45, 2.75) is 45.9 Å². The quantitative estimate of drug-likeness (QED) is 0.708. The van der Waals surface area contributed by atoms with E-state index in [1.165, 1.54) is 13.2 Å². The maximum absolute atomic E-state index is 13.8. The van der Waals surface area contributed by atoms with Crippen LogP contribution in [0.25, 0.3) is 11.0 Å². The molecule has 27 heavy (non-hydrogen) atoms. The number of hydrogen-bond acceptors (Lipinski definition) is 5. The summed E-state index contributed by atoms with van der Waals surface area (Å²) in [5, 5.41) is 4.86. The monoisotopic (exact) mass is 371 g/mol. The summed E-state index contributed by atoms with van der Waals surface area (Å²) in [4.78, 5) is 19.8. The van der Waals surface area contributed by atoms with Gasteiger partial charge in [0.15, 0.2) is 17.2 Å². The zero-order valence-corrected chi connectivity index (χ0v) is 15.8. The largest absolute Gasteiger partial charge is 0.494 e. The molecule has 1 unspecified atom stereocenters. The summed E-state index contributed by atoms with van der Waals surface area (Å²) >= 11 is 0. The van der Waals surface area contributed by atoms with E-state index in [-0.39, 0.29) is 23.4 Å². The van der Waals surface area contributed by atoms with Gasteiger partial charge in [0.2, 0.25) is 0 Å². The Hall–Kier alpha value is -2.90. The van der Waals surface area contributed by atoms with Crippen LogP contribution in [0, 0.1) is 5.82 Å². The predicted molar refractivity (Wildman–Crippen MR) is 101 cm³/mol. The number of methoxy groups -OCH3 is 1. The molecule has 0 amide bonds. The first-order chi connectivity index (χ1) is 12.9. The molecule has 2 aromatic heterocycles. The molecule has 0 bridgehead atoms. The summed E-state index contributed by atoms with van der Waals surface area (Å²) in [6.07, 6.45) is 1.60. The van der Waals surface area contributed by atoms with Crippen molar-refractivity contribution < 1.29 is 9.13 Å². The zero-order chi connectivity index (χ0) is 19.3. The van der Waals surface area contributed by atoms with Crippen molar-refractivity contribution in [3.05, 3.63) is 46.4 Å². The zero-order valence-electron chi connectivity index (χ0n) is 15.8. The van der Waals surface area contributed by atoms with Crippen molar-refractivity contribution in [2.75, 3.05) is 12.0 Å². The molecule has 0 saturated heterocycles. The Kier molecular flexibility index (Phi) is 4.13. The second-order valence-corrected chi connectivity index (χ2v) is 7.16. The van der Waals surface area contributed by atoms with Gasteiger partial charge in [0.05, 0.1) is 19.9 Å². The Morgan fingerprint density at radius 2 is 2.11 bits per heavy atom. The van der Waals surface area contributed by atoms with E-state index in [1.54, 1.807) is 27.6 Å². The molecule has 1 atom stereocenters. The smallest absolute Gasteiger partial charge is 0.264 e. The fraction of sp³-hybridized carbons (Fsp3) is 0.421. The highest BCUT2D eigenvalue weighted by atomic mass is 19.1. The molecule has 0 spiro atoms. The number of anilines is 1. The fourth-order valence-electron chi connectivity index (χ4n) is 3.59. The van der Waals surface area contributed by atoms with Crippen LogP contribution in [-0.4, -0.2) is 32.5 Å². The van der Waals surface area contributed by atoms with E-state index < -0.39 is 5.82 Å². The number of fused-ring (bicyclic) bond motifs is 2. The van der Waals surface area contributed by atoms with Gasteiger partial charge in [-0.3, -0.25) is 9.36 Å². The molecule has 3 heterocycles. The molecule has 1 aromatic carbocycles. The van der Waals surface area contributed by atoms with Crippen LogP contribution < -0.4 is 15.2 Å². The summed E-state index contributed by atoms with van der Waals surface area (Å²) in [5.74, 6) is 0.475. The van der Waals surface area contributed by atoms with Gasteiger partial charge in [0, 0.05) is 30.4 Å². The van der Waals surface area contributed by atoms with Crippen molar-refractivity contribution in [1.82, 2.24) is 19.3 Å². The maximum atomic E-state index is 13.8. The molecule has 4 rings (SSSR count). The second-order valence-electron chi connectivity index (χ2n) is 7.16. The van der Waals surface area contributed by atoms with Crippen molar-refractivity contribution in [1.29, 1.82) is 0 Å². The number of aromatic nitrogens is 4. The summed E-state index contributed by atoms with van der Waals surface area (Å²) < 4.78 is 22.4. The summed E-state index contributed by atoms with van der Waals surface area (Å²) in [5.41, 5.74) is 1.37. The topological polar surface area (TPSA) is 65.2 Å². The molecule has 0 fully saturated rings. The first-order valence-electron chi connectivity index (χ1n) is 8.97. The van der Waals surface area contributed by atoms with Crippen molar-refractivity contribution in [3.8, 4) is 5.75 Å². The van der Waals surface area contributed by atoms with E-state index in [4.69, 9.17) is 9.72 Å². The normalized spacial score (nSPS) is 16.8. The third-order valence-corrected chi connectivity index (χ3v) is 5.04. The molecule has 0 N–H and O–H groups in total. The van der Waals surface area contributed by atoms with Gasteiger partial charge in [-0.15, -0.1) is 0 Å². The summed E-state index contributed by atoms with van der Waals surface area (Å²) in [7, 11) is 1.45. The van der Waals surface area contributed by atoms with E-state index in [2.05, 4.69) is 10.00 Å². The minimum atomic E-state index is -0.400. The number of rotatable bonds is 3. The molecule has 1 aliphatic heterocycles. The first-order valence-corrected chi connectivity index (χ1v) is 8.97. The fourth-order valence-corrected chi connectivity index (χ4v) is 3.59. The van der Waals surface area contributed by atoms with Crippen LogP contribution in [0.1, 0.15) is 32.6 Å². The van der Waals surface area contributed by atoms with E-state index in [0.29, 0.717) is 29.9 Å². The van der Waals surface area contributed by atoms with Gasteiger partial charge in [-0.25, -0.2) is 14.1 Å². The third-order valence-electron chi connectivity index (χ3n) is 5.04. The number of nitrogens with zero attached hydrogens (tertiary/aromatic N) is 5. The molecule has 0 aliphatic carbocycles. The van der Waals surface area contributed by atoms with Gasteiger partial charge in [-0.1, -0.05) is 0 Å². The van der Waals surface area contributed by atoms with Crippen LogP contribution in [0.3, 0.4) is 0 Å². The second kappa shape index (κ2) is 6.37. The molecule has 142 valence electrons. The lowest BCUT2D eigenvalue weighted by Gasteiger charge is -2.36.